The molecule has 2 aromatic rings. The Labute approximate surface area is 132 Å². The molecule has 0 unspecified atom stereocenters. The lowest BCUT2D eigenvalue weighted by molar-refractivity contribution is 0.0997. The van der Waals surface area contributed by atoms with Crippen molar-refractivity contribution in [2.45, 2.75) is 6.92 Å². The second-order valence-corrected chi connectivity index (χ2v) is 4.72. The number of nitrogens with zero attached hydrogens (tertiary/aromatic N) is 1. The van der Waals surface area contributed by atoms with Crippen molar-refractivity contribution < 1.29 is 14.3 Å². The normalized spacial score (nSPS) is 12.5. The number of aliphatic hydroxyl groups excluding tert-OH is 1. The minimum Gasteiger partial charge on any atom is -0.508 e. The number of halogens is 1. The van der Waals surface area contributed by atoms with Gasteiger partial charge >= 0.3 is 0 Å². The lowest BCUT2D eigenvalue weighted by atomic mass is 10.0. The second-order valence-electron chi connectivity index (χ2n) is 4.72. The molecule has 0 bridgehead atoms. The van der Waals surface area contributed by atoms with E-state index in [0.29, 0.717) is 5.56 Å². The van der Waals surface area contributed by atoms with E-state index in [-0.39, 0.29) is 28.0 Å². The molecule has 0 saturated carbocycles. The van der Waals surface area contributed by atoms with E-state index in [1.165, 1.54) is 30.4 Å². The third-order valence-electron chi connectivity index (χ3n) is 3.21. The van der Waals surface area contributed by atoms with E-state index >= 15 is 0 Å². The number of benzene rings is 1. The number of carbonyl (C=O) groups excluding carboxylic acids is 1. The third kappa shape index (κ3) is 3.37. The maximum atomic E-state index is 14.1. The molecule has 5 nitrogen and oxygen atoms in total. The molecular weight excluding hydrogens is 297 g/mol. The van der Waals surface area contributed by atoms with Crippen LogP contribution < -0.4 is 11.5 Å². The lowest BCUT2D eigenvalue weighted by Gasteiger charge is -2.10. The summed E-state index contributed by atoms with van der Waals surface area (Å²) in [5.74, 6) is -1.20. The number of hydrogen-bond donors (Lipinski definition) is 3. The molecule has 0 spiro atoms. The molecule has 0 aliphatic rings. The molecule has 1 heterocycles. The number of aliphatic hydroxyl groups is 1. The number of amides is 1. The summed E-state index contributed by atoms with van der Waals surface area (Å²) < 4.78 is 14.1. The van der Waals surface area contributed by atoms with Gasteiger partial charge in [-0.25, -0.2) is 9.37 Å². The van der Waals surface area contributed by atoms with Gasteiger partial charge in [-0.3, -0.25) is 4.79 Å². The van der Waals surface area contributed by atoms with Crippen LogP contribution >= 0.6 is 0 Å². The highest BCUT2D eigenvalue weighted by Gasteiger charge is 2.16. The average Bonchev–Trinajstić information content (AvgIpc) is 2.52. The zero-order valence-electron chi connectivity index (χ0n) is 12.5. The molecule has 1 amide bonds. The second kappa shape index (κ2) is 6.74. The number of nitrogens with two attached hydrogens (primary N) is 2. The number of pyridine rings is 1. The number of carbonyl (C=O) groups is 1. The van der Waals surface area contributed by atoms with Crippen LogP contribution in [0, 0.1) is 5.82 Å². The van der Waals surface area contributed by atoms with Crippen molar-refractivity contribution in [2.24, 2.45) is 5.73 Å². The molecule has 0 saturated heterocycles. The smallest absolute Gasteiger partial charge is 0.269 e. The van der Waals surface area contributed by atoms with Crippen molar-refractivity contribution in [3.63, 3.8) is 0 Å². The summed E-state index contributed by atoms with van der Waals surface area (Å²) in [6, 6.07) is 4.35. The molecule has 1 aromatic carbocycles. The molecule has 0 aliphatic carbocycles. The predicted molar refractivity (Wildman–Crippen MR) is 89.2 cm³/mol. The number of anilines is 1. The zero-order valence-corrected chi connectivity index (χ0v) is 12.5. The highest BCUT2D eigenvalue weighted by Crippen LogP contribution is 2.29. The molecule has 5 N–H and O–H groups in total. The van der Waals surface area contributed by atoms with Crippen LogP contribution in [-0.2, 0) is 0 Å². The van der Waals surface area contributed by atoms with E-state index in [1.54, 1.807) is 25.1 Å². The van der Waals surface area contributed by atoms with Gasteiger partial charge < -0.3 is 16.6 Å². The Morgan fingerprint density at radius 2 is 2.09 bits per heavy atom. The summed E-state index contributed by atoms with van der Waals surface area (Å²) in [6.45, 7) is 1.69. The van der Waals surface area contributed by atoms with E-state index < -0.39 is 11.7 Å². The number of aromatic nitrogens is 1. The first kappa shape index (κ1) is 16.2. The van der Waals surface area contributed by atoms with Gasteiger partial charge in [-0.15, -0.1) is 0 Å². The van der Waals surface area contributed by atoms with E-state index in [0.717, 1.165) is 0 Å². The number of nitrogen functional groups attached to an aromatic ring is 1. The number of primary amides is 1. The van der Waals surface area contributed by atoms with E-state index in [9.17, 15) is 14.3 Å². The first-order valence-corrected chi connectivity index (χ1v) is 6.83. The Morgan fingerprint density at radius 1 is 1.35 bits per heavy atom. The first-order chi connectivity index (χ1) is 11.0. The maximum absolute atomic E-state index is 14.1. The molecule has 23 heavy (non-hydrogen) atoms. The van der Waals surface area contributed by atoms with Gasteiger partial charge in [0, 0.05) is 10.9 Å². The Balaban J connectivity index is 2.64. The fourth-order valence-corrected chi connectivity index (χ4v) is 2.08. The van der Waals surface area contributed by atoms with Gasteiger partial charge in [0.15, 0.2) is 5.69 Å². The summed E-state index contributed by atoms with van der Waals surface area (Å²) in [4.78, 5) is 15.5. The van der Waals surface area contributed by atoms with Gasteiger partial charge in [0.2, 0.25) is 0 Å². The molecule has 2 rings (SSSR count). The van der Waals surface area contributed by atoms with Crippen LogP contribution in [-0.4, -0.2) is 16.0 Å². The van der Waals surface area contributed by atoms with E-state index in [1.807, 2.05) is 0 Å². The SMILES string of the molecule is C/C=C(O)/C=C\C=C\c1c(N)c(C(N)=O)nc2cccc(F)c12. The first-order valence-electron chi connectivity index (χ1n) is 6.83. The van der Waals surface area contributed by atoms with Crippen LogP contribution in [0.25, 0.3) is 17.0 Å². The highest BCUT2D eigenvalue weighted by atomic mass is 19.1. The minimum absolute atomic E-state index is 0.00926. The molecule has 118 valence electrons. The molecule has 6 heteroatoms. The fourth-order valence-electron chi connectivity index (χ4n) is 2.08. The van der Waals surface area contributed by atoms with Crippen molar-refractivity contribution in [1.29, 1.82) is 0 Å². The Kier molecular flexibility index (Phi) is 4.75. The fraction of sp³-hybridized carbons (Fsp3) is 0.0588. The standard InChI is InChI=1S/C17H16FN3O2/c1-2-10(22)6-3-4-7-11-14-12(18)8-5-9-13(14)21-16(15(11)19)17(20)23/h2-9,22H,19H2,1H3,(H2,20,23)/b6-3-,7-4+,10-2-. The van der Waals surface area contributed by atoms with Gasteiger partial charge in [0.05, 0.1) is 11.2 Å². The van der Waals surface area contributed by atoms with Gasteiger partial charge in [0.25, 0.3) is 5.91 Å². The van der Waals surface area contributed by atoms with Crippen LogP contribution in [0.1, 0.15) is 23.0 Å². The van der Waals surface area contributed by atoms with Crippen molar-refractivity contribution >= 4 is 28.6 Å². The van der Waals surface area contributed by atoms with Crippen LogP contribution in [0.15, 0.2) is 48.3 Å². The predicted octanol–water partition coefficient (Wildman–Crippen LogP) is 3.09. The average molecular weight is 313 g/mol. The molecule has 0 atom stereocenters. The molecular formula is C17H16FN3O2. The topological polar surface area (TPSA) is 102 Å². The number of fused-ring (bicyclic) bond motifs is 1. The van der Waals surface area contributed by atoms with Crippen LogP contribution in [0.5, 0.6) is 0 Å². The molecule has 0 radical (unpaired) electrons. The van der Waals surface area contributed by atoms with E-state index in [2.05, 4.69) is 4.98 Å². The molecule has 1 aromatic heterocycles. The largest absolute Gasteiger partial charge is 0.508 e. The summed E-state index contributed by atoms with van der Waals surface area (Å²) in [5.41, 5.74) is 11.7. The monoisotopic (exact) mass is 313 g/mol. The van der Waals surface area contributed by atoms with Gasteiger partial charge in [0.1, 0.15) is 11.6 Å². The van der Waals surface area contributed by atoms with Gasteiger partial charge in [-0.2, -0.15) is 0 Å². The van der Waals surface area contributed by atoms with Crippen molar-refractivity contribution in [3.8, 4) is 0 Å². The quantitative estimate of drug-likeness (QED) is 0.596. The maximum Gasteiger partial charge on any atom is 0.269 e. The Hall–Kier alpha value is -3.15. The van der Waals surface area contributed by atoms with Crippen molar-refractivity contribution in [1.82, 2.24) is 4.98 Å². The summed E-state index contributed by atoms with van der Waals surface area (Å²) >= 11 is 0. The summed E-state index contributed by atoms with van der Waals surface area (Å²) in [7, 11) is 0. The van der Waals surface area contributed by atoms with Gasteiger partial charge in [-0.05, 0) is 31.2 Å². The number of rotatable bonds is 4. The molecule has 0 aliphatic heterocycles. The number of allylic oxidation sites excluding steroid dienone is 4. The summed E-state index contributed by atoms with van der Waals surface area (Å²) in [6.07, 6.45) is 7.65. The highest BCUT2D eigenvalue weighted by molar-refractivity contribution is 6.04. The van der Waals surface area contributed by atoms with Crippen LogP contribution in [0.4, 0.5) is 10.1 Å². The Morgan fingerprint density at radius 3 is 2.74 bits per heavy atom. The molecule has 0 fully saturated rings. The van der Waals surface area contributed by atoms with Gasteiger partial charge in [-0.1, -0.05) is 24.3 Å². The lowest BCUT2D eigenvalue weighted by Crippen LogP contribution is -2.17. The van der Waals surface area contributed by atoms with Crippen molar-refractivity contribution in [2.75, 3.05) is 5.73 Å². The number of hydrogen-bond acceptors (Lipinski definition) is 4. The zero-order chi connectivity index (χ0) is 17.0. The van der Waals surface area contributed by atoms with Crippen molar-refractivity contribution in [3.05, 3.63) is 65.3 Å². The minimum atomic E-state index is -0.787. The van der Waals surface area contributed by atoms with E-state index in [4.69, 9.17) is 11.5 Å². The Bertz CT molecular complexity index is 855. The third-order valence-corrected chi connectivity index (χ3v) is 3.21. The van der Waals surface area contributed by atoms with Crippen LogP contribution in [0.3, 0.4) is 0 Å². The van der Waals surface area contributed by atoms with Crippen LogP contribution in [0.2, 0.25) is 0 Å². The summed E-state index contributed by atoms with van der Waals surface area (Å²) in [5, 5.41) is 9.53.